The van der Waals surface area contributed by atoms with E-state index in [9.17, 15) is 13.2 Å². The van der Waals surface area contributed by atoms with Crippen LogP contribution in [-0.2, 0) is 14.8 Å². The van der Waals surface area contributed by atoms with Crippen molar-refractivity contribution in [1.29, 1.82) is 0 Å². The molecule has 156 valence electrons. The summed E-state index contributed by atoms with van der Waals surface area (Å²) in [6.07, 6.45) is 2.48. The van der Waals surface area contributed by atoms with Crippen molar-refractivity contribution in [1.82, 2.24) is 5.43 Å². The SMILES string of the molecule is CCOc1ccc(N([C@@H](C)C(=O)N/N=C\c2ccccc2OC)S(C)(=O)=O)cc1. The second-order valence-corrected chi connectivity index (χ2v) is 8.00. The van der Waals surface area contributed by atoms with Crippen molar-refractivity contribution in [3.05, 3.63) is 54.1 Å². The molecule has 0 bridgehead atoms. The lowest BCUT2D eigenvalue weighted by molar-refractivity contribution is -0.121. The summed E-state index contributed by atoms with van der Waals surface area (Å²) in [7, 11) is -2.18. The fourth-order valence-corrected chi connectivity index (χ4v) is 3.87. The maximum absolute atomic E-state index is 12.5. The van der Waals surface area contributed by atoms with E-state index in [0.29, 0.717) is 29.4 Å². The number of methoxy groups -OCH3 is 1. The van der Waals surface area contributed by atoms with E-state index >= 15 is 0 Å². The van der Waals surface area contributed by atoms with Gasteiger partial charge in [0.2, 0.25) is 10.0 Å². The van der Waals surface area contributed by atoms with Gasteiger partial charge in [0.15, 0.2) is 0 Å². The maximum Gasteiger partial charge on any atom is 0.263 e. The first-order valence-corrected chi connectivity index (χ1v) is 10.8. The molecule has 0 aliphatic heterocycles. The predicted octanol–water partition coefficient (Wildman–Crippen LogP) is 2.40. The minimum absolute atomic E-state index is 0.354. The number of rotatable bonds is 9. The van der Waals surface area contributed by atoms with Gasteiger partial charge in [0.25, 0.3) is 5.91 Å². The van der Waals surface area contributed by atoms with Crippen molar-refractivity contribution >= 4 is 27.8 Å². The van der Waals surface area contributed by atoms with Gasteiger partial charge in [0.05, 0.1) is 31.9 Å². The van der Waals surface area contributed by atoms with Crippen LogP contribution in [0.15, 0.2) is 53.6 Å². The molecule has 29 heavy (non-hydrogen) atoms. The number of para-hydroxylation sites is 1. The lowest BCUT2D eigenvalue weighted by atomic mass is 10.2. The normalized spacial score (nSPS) is 12.4. The van der Waals surface area contributed by atoms with Crippen molar-refractivity contribution in [2.45, 2.75) is 19.9 Å². The van der Waals surface area contributed by atoms with Crippen molar-refractivity contribution in [3.8, 4) is 11.5 Å². The quantitative estimate of drug-likeness (QED) is 0.497. The molecule has 0 aliphatic rings. The van der Waals surface area contributed by atoms with Crippen LogP contribution in [0, 0.1) is 0 Å². The van der Waals surface area contributed by atoms with E-state index in [1.165, 1.54) is 20.2 Å². The number of amides is 1. The second kappa shape index (κ2) is 9.92. The Labute approximate surface area is 171 Å². The summed E-state index contributed by atoms with van der Waals surface area (Å²) in [5, 5.41) is 3.92. The zero-order valence-corrected chi connectivity index (χ0v) is 17.6. The lowest BCUT2D eigenvalue weighted by Gasteiger charge is -2.27. The summed E-state index contributed by atoms with van der Waals surface area (Å²) in [4.78, 5) is 12.5. The first-order valence-electron chi connectivity index (χ1n) is 8.96. The van der Waals surface area contributed by atoms with Gasteiger partial charge >= 0.3 is 0 Å². The minimum atomic E-state index is -3.72. The van der Waals surface area contributed by atoms with Crippen LogP contribution in [0.4, 0.5) is 5.69 Å². The Morgan fingerprint density at radius 1 is 1.21 bits per heavy atom. The molecule has 0 unspecified atom stereocenters. The largest absolute Gasteiger partial charge is 0.496 e. The van der Waals surface area contributed by atoms with Crippen molar-refractivity contribution in [2.75, 3.05) is 24.3 Å². The topological polar surface area (TPSA) is 97.3 Å². The molecule has 0 saturated carbocycles. The van der Waals surface area contributed by atoms with Crippen LogP contribution in [0.1, 0.15) is 19.4 Å². The van der Waals surface area contributed by atoms with Gasteiger partial charge in [-0.1, -0.05) is 12.1 Å². The molecule has 1 N–H and O–H groups in total. The highest BCUT2D eigenvalue weighted by molar-refractivity contribution is 7.92. The summed E-state index contributed by atoms with van der Waals surface area (Å²) in [6.45, 7) is 3.85. The van der Waals surface area contributed by atoms with E-state index in [4.69, 9.17) is 9.47 Å². The Kier molecular flexibility index (Phi) is 7.60. The molecule has 1 atom stereocenters. The van der Waals surface area contributed by atoms with Gasteiger partial charge in [-0.3, -0.25) is 9.10 Å². The summed E-state index contributed by atoms with van der Waals surface area (Å²) in [6, 6.07) is 12.6. The van der Waals surface area contributed by atoms with E-state index < -0.39 is 22.0 Å². The molecule has 0 fully saturated rings. The summed E-state index contributed by atoms with van der Waals surface area (Å²) >= 11 is 0. The van der Waals surface area contributed by atoms with Crippen LogP contribution in [0.25, 0.3) is 0 Å². The molecule has 9 heteroatoms. The van der Waals surface area contributed by atoms with Gasteiger partial charge in [0.1, 0.15) is 17.5 Å². The highest BCUT2D eigenvalue weighted by Gasteiger charge is 2.29. The second-order valence-electron chi connectivity index (χ2n) is 6.14. The van der Waals surface area contributed by atoms with E-state index in [-0.39, 0.29) is 0 Å². The maximum atomic E-state index is 12.5. The molecule has 0 aromatic heterocycles. The lowest BCUT2D eigenvalue weighted by Crippen LogP contribution is -2.46. The molecule has 1 amide bonds. The summed E-state index contributed by atoms with van der Waals surface area (Å²) in [5.74, 6) is 0.643. The number of carbonyl (C=O) groups is 1. The average Bonchev–Trinajstić information content (AvgIpc) is 2.69. The molecule has 2 aromatic rings. The number of benzene rings is 2. The predicted molar refractivity (Wildman–Crippen MR) is 113 cm³/mol. The van der Waals surface area contributed by atoms with Crippen LogP contribution >= 0.6 is 0 Å². The fraction of sp³-hybridized carbons (Fsp3) is 0.300. The molecule has 8 nitrogen and oxygen atoms in total. The number of hydrogen-bond donors (Lipinski definition) is 1. The molecular formula is C20H25N3O5S. The Hall–Kier alpha value is -3.07. The highest BCUT2D eigenvalue weighted by Crippen LogP contribution is 2.24. The molecule has 0 saturated heterocycles. The zero-order valence-electron chi connectivity index (χ0n) is 16.8. The number of nitrogens with one attached hydrogen (secondary N) is 1. The van der Waals surface area contributed by atoms with E-state index in [1.807, 2.05) is 19.1 Å². The van der Waals surface area contributed by atoms with E-state index in [0.717, 1.165) is 10.6 Å². The van der Waals surface area contributed by atoms with Gasteiger partial charge in [-0.2, -0.15) is 5.10 Å². The molecule has 0 aliphatic carbocycles. The number of hydrazone groups is 1. The monoisotopic (exact) mass is 419 g/mol. The van der Waals surface area contributed by atoms with Crippen LogP contribution in [0.5, 0.6) is 11.5 Å². The molecule has 0 heterocycles. The Balaban J connectivity index is 2.17. The average molecular weight is 420 g/mol. The Bertz CT molecular complexity index is 958. The number of sulfonamides is 1. The van der Waals surface area contributed by atoms with E-state index in [1.54, 1.807) is 36.4 Å². The number of hydrogen-bond acceptors (Lipinski definition) is 6. The van der Waals surface area contributed by atoms with Gasteiger partial charge in [-0.15, -0.1) is 0 Å². The number of anilines is 1. The molecule has 2 rings (SSSR count). The van der Waals surface area contributed by atoms with Crippen molar-refractivity contribution < 1.29 is 22.7 Å². The molecule has 0 spiro atoms. The minimum Gasteiger partial charge on any atom is -0.496 e. The van der Waals surface area contributed by atoms with Gasteiger partial charge < -0.3 is 9.47 Å². The number of ether oxygens (including phenoxy) is 2. The zero-order chi connectivity index (χ0) is 21.4. The standard InChI is InChI=1S/C20H25N3O5S/c1-5-28-18-12-10-17(11-13-18)23(29(4,25)26)15(2)20(24)22-21-14-16-8-6-7-9-19(16)27-3/h6-15H,5H2,1-4H3,(H,22,24)/b21-14-/t15-/m0/s1. The third-order valence-corrected chi connectivity index (χ3v) is 5.25. The third kappa shape index (κ3) is 5.95. The summed E-state index contributed by atoms with van der Waals surface area (Å²) < 4.78 is 36.3. The van der Waals surface area contributed by atoms with Gasteiger partial charge in [0, 0.05) is 5.56 Å². The van der Waals surface area contributed by atoms with Crippen LogP contribution in [0.3, 0.4) is 0 Å². The smallest absolute Gasteiger partial charge is 0.263 e. The molecule has 0 radical (unpaired) electrons. The fourth-order valence-electron chi connectivity index (χ4n) is 2.70. The number of carbonyl (C=O) groups excluding carboxylic acids is 1. The van der Waals surface area contributed by atoms with Crippen LogP contribution < -0.4 is 19.2 Å². The molecule has 2 aromatic carbocycles. The first kappa shape index (κ1) is 22.2. The van der Waals surface area contributed by atoms with Gasteiger partial charge in [-0.25, -0.2) is 13.8 Å². The highest BCUT2D eigenvalue weighted by atomic mass is 32.2. The Morgan fingerprint density at radius 3 is 2.45 bits per heavy atom. The molecular weight excluding hydrogens is 394 g/mol. The van der Waals surface area contributed by atoms with Crippen molar-refractivity contribution in [2.24, 2.45) is 5.10 Å². The third-order valence-electron chi connectivity index (χ3n) is 4.01. The van der Waals surface area contributed by atoms with Crippen LogP contribution in [0.2, 0.25) is 0 Å². The Morgan fingerprint density at radius 2 is 1.86 bits per heavy atom. The summed E-state index contributed by atoms with van der Waals surface area (Å²) in [5.41, 5.74) is 3.41. The number of nitrogens with zero attached hydrogens (tertiary/aromatic N) is 2. The van der Waals surface area contributed by atoms with Crippen LogP contribution in [-0.4, -0.2) is 46.6 Å². The van der Waals surface area contributed by atoms with Crippen molar-refractivity contribution in [3.63, 3.8) is 0 Å². The van der Waals surface area contributed by atoms with E-state index in [2.05, 4.69) is 10.5 Å². The first-order chi connectivity index (χ1) is 13.8. The van der Waals surface area contributed by atoms with Gasteiger partial charge in [-0.05, 0) is 50.2 Å².